The monoisotopic (exact) mass is 214 g/mol. The Morgan fingerprint density at radius 1 is 1.33 bits per heavy atom. The molecule has 0 saturated carbocycles. The third kappa shape index (κ3) is 5.50. The summed E-state index contributed by atoms with van der Waals surface area (Å²) < 4.78 is 5.63. The van der Waals surface area contributed by atoms with Gasteiger partial charge < -0.3 is 15.4 Å². The van der Waals surface area contributed by atoms with Gasteiger partial charge in [-0.15, -0.1) is 0 Å². The lowest BCUT2D eigenvalue weighted by Gasteiger charge is -2.23. The topological polar surface area (TPSA) is 33.3 Å². The SMILES string of the molecule is CC(NCCNC(C)(C)C)C1CCCO1. The Labute approximate surface area is 94.0 Å². The molecule has 0 aromatic rings. The third-order valence-corrected chi connectivity index (χ3v) is 2.77. The van der Waals surface area contributed by atoms with E-state index in [9.17, 15) is 0 Å². The molecule has 1 rings (SSSR count). The quantitative estimate of drug-likeness (QED) is 0.681. The van der Waals surface area contributed by atoms with Crippen molar-refractivity contribution in [1.29, 1.82) is 0 Å². The van der Waals surface area contributed by atoms with Gasteiger partial charge in [0.15, 0.2) is 0 Å². The highest BCUT2D eigenvalue weighted by Gasteiger charge is 2.21. The molecule has 1 heterocycles. The van der Waals surface area contributed by atoms with Gasteiger partial charge in [-0.2, -0.15) is 0 Å². The Morgan fingerprint density at radius 2 is 2.07 bits per heavy atom. The van der Waals surface area contributed by atoms with Gasteiger partial charge in [-0.05, 0) is 40.5 Å². The minimum absolute atomic E-state index is 0.217. The van der Waals surface area contributed by atoms with Crippen molar-refractivity contribution < 1.29 is 4.74 Å². The largest absolute Gasteiger partial charge is 0.377 e. The summed E-state index contributed by atoms with van der Waals surface area (Å²) in [5.74, 6) is 0. The lowest BCUT2D eigenvalue weighted by atomic mass is 10.1. The van der Waals surface area contributed by atoms with Crippen LogP contribution in [0.1, 0.15) is 40.5 Å². The third-order valence-electron chi connectivity index (χ3n) is 2.77. The van der Waals surface area contributed by atoms with E-state index >= 15 is 0 Å². The maximum absolute atomic E-state index is 5.63. The van der Waals surface area contributed by atoms with Gasteiger partial charge >= 0.3 is 0 Å². The fourth-order valence-electron chi connectivity index (χ4n) is 1.87. The molecule has 0 radical (unpaired) electrons. The van der Waals surface area contributed by atoms with Crippen LogP contribution in [0.4, 0.5) is 0 Å². The van der Waals surface area contributed by atoms with Crippen molar-refractivity contribution in [2.75, 3.05) is 19.7 Å². The number of ether oxygens (including phenoxy) is 1. The molecule has 0 bridgehead atoms. The van der Waals surface area contributed by atoms with Gasteiger partial charge in [-0.25, -0.2) is 0 Å². The Morgan fingerprint density at radius 3 is 2.60 bits per heavy atom. The fraction of sp³-hybridized carbons (Fsp3) is 1.00. The van der Waals surface area contributed by atoms with Gasteiger partial charge in [0.2, 0.25) is 0 Å². The second kappa shape index (κ2) is 5.83. The molecule has 0 amide bonds. The second-order valence-corrected chi connectivity index (χ2v) is 5.47. The first-order chi connectivity index (χ1) is 6.99. The predicted octanol–water partition coefficient (Wildman–Crippen LogP) is 1.53. The van der Waals surface area contributed by atoms with Crippen LogP contribution in [-0.4, -0.2) is 37.4 Å². The molecule has 90 valence electrons. The molecule has 0 aromatic heterocycles. The van der Waals surface area contributed by atoms with Crippen molar-refractivity contribution in [1.82, 2.24) is 10.6 Å². The highest BCUT2D eigenvalue weighted by atomic mass is 16.5. The Bertz CT molecular complexity index is 171. The molecule has 15 heavy (non-hydrogen) atoms. The van der Waals surface area contributed by atoms with Crippen LogP contribution in [0.3, 0.4) is 0 Å². The van der Waals surface area contributed by atoms with E-state index in [2.05, 4.69) is 38.3 Å². The summed E-state index contributed by atoms with van der Waals surface area (Å²) in [4.78, 5) is 0. The molecule has 2 unspecified atom stereocenters. The van der Waals surface area contributed by atoms with Gasteiger partial charge in [-0.3, -0.25) is 0 Å². The number of hydrogen-bond acceptors (Lipinski definition) is 3. The lowest BCUT2D eigenvalue weighted by Crippen LogP contribution is -2.44. The van der Waals surface area contributed by atoms with Crippen molar-refractivity contribution in [3.05, 3.63) is 0 Å². The van der Waals surface area contributed by atoms with E-state index < -0.39 is 0 Å². The molecule has 1 aliphatic heterocycles. The molecule has 2 atom stereocenters. The summed E-state index contributed by atoms with van der Waals surface area (Å²) in [6.45, 7) is 11.8. The van der Waals surface area contributed by atoms with Gasteiger partial charge in [0.05, 0.1) is 6.10 Å². The minimum atomic E-state index is 0.217. The van der Waals surface area contributed by atoms with Crippen LogP contribution in [0.5, 0.6) is 0 Å². The number of hydrogen-bond donors (Lipinski definition) is 2. The molecule has 0 spiro atoms. The van der Waals surface area contributed by atoms with Crippen LogP contribution in [0.15, 0.2) is 0 Å². The van der Waals surface area contributed by atoms with Crippen LogP contribution in [0.2, 0.25) is 0 Å². The van der Waals surface area contributed by atoms with Gasteiger partial charge in [-0.1, -0.05) is 0 Å². The van der Waals surface area contributed by atoms with Crippen LogP contribution in [0.25, 0.3) is 0 Å². The molecule has 3 nitrogen and oxygen atoms in total. The second-order valence-electron chi connectivity index (χ2n) is 5.47. The maximum atomic E-state index is 5.63. The predicted molar refractivity (Wildman–Crippen MR) is 64.2 cm³/mol. The highest BCUT2D eigenvalue weighted by Crippen LogP contribution is 2.14. The summed E-state index contributed by atoms with van der Waals surface area (Å²) in [6.07, 6.45) is 2.86. The molecule has 0 aromatic carbocycles. The van der Waals surface area contributed by atoms with E-state index in [0.717, 1.165) is 19.7 Å². The van der Waals surface area contributed by atoms with Gasteiger partial charge in [0, 0.05) is 31.3 Å². The molecule has 2 N–H and O–H groups in total. The Balaban J connectivity index is 2.04. The van der Waals surface area contributed by atoms with E-state index in [0.29, 0.717) is 12.1 Å². The van der Waals surface area contributed by atoms with Gasteiger partial charge in [0.1, 0.15) is 0 Å². The first-order valence-corrected chi connectivity index (χ1v) is 6.09. The highest BCUT2D eigenvalue weighted by molar-refractivity contribution is 4.77. The zero-order valence-corrected chi connectivity index (χ0v) is 10.6. The van der Waals surface area contributed by atoms with E-state index in [1.165, 1.54) is 12.8 Å². The summed E-state index contributed by atoms with van der Waals surface area (Å²) >= 11 is 0. The van der Waals surface area contributed by atoms with E-state index in [4.69, 9.17) is 4.74 Å². The lowest BCUT2D eigenvalue weighted by molar-refractivity contribution is 0.0837. The minimum Gasteiger partial charge on any atom is -0.377 e. The molecule has 1 fully saturated rings. The molecule has 1 saturated heterocycles. The summed E-state index contributed by atoms with van der Waals surface area (Å²) in [6, 6.07) is 0.481. The zero-order chi connectivity index (χ0) is 11.3. The van der Waals surface area contributed by atoms with E-state index in [-0.39, 0.29) is 5.54 Å². The molecular weight excluding hydrogens is 188 g/mol. The van der Waals surface area contributed by atoms with Crippen molar-refractivity contribution in [2.24, 2.45) is 0 Å². The van der Waals surface area contributed by atoms with Crippen LogP contribution >= 0.6 is 0 Å². The molecule has 3 heteroatoms. The molecule has 1 aliphatic rings. The standard InChI is InChI=1S/C12H26N2O/c1-10(11-6-5-9-15-11)13-7-8-14-12(2,3)4/h10-11,13-14H,5-9H2,1-4H3. The van der Waals surface area contributed by atoms with Crippen LogP contribution < -0.4 is 10.6 Å². The number of rotatable bonds is 5. The van der Waals surface area contributed by atoms with Crippen molar-refractivity contribution in [3.63, 3.8) is 0 Å². The normalized spacial score (nSPS) is 24.4. The summed E-state index contributed by atoms with van der Waals surface area (Å²) in [5, 5.41) is 6.97. The van der Waals surface area contributed by atoms with Crippen molar-refractivity contribution in [3.8, 4) is 0 Å². The summed E-state index contributed by atoms with van der Waals surface area (Å²) in [7, 11) is 0. The van der Waals surface area contributed by atoms with E-state index in [1.54, 1.807) is 0 Å². The average Bonchev–Trinajstić information content (AvgIpc) is 2.63. The Kier molecular flexibility index (Phi) is 5.03. The first-order valence-electron chi connectivity index (χ1n) is 6.09. The maximum Gasteiger partial charge on any atom is 0.0726 e. The smallest absolute Gasteiger partial charge is 0.0726 e. The molecular formula is C12H26N2O. The Hall–Kier alpha value is -0.120. The molecule has 0 aliphatic carbocycles. The summed E-state index contributed by atoms with van der Waals surface area (Å²) in [5.41, 5.74) is 0.217. The van der Waals surface area contributed by atoms with Gasteiger partial charge in [0.25, 0.3) is 0 Å². The zero-order valence-electron chi connectivity index (χ0n) is 10.6. The number of nitrogens with one attached hydrogen (secondary N) is 2. The van der Waals surface area contributed by atoms with Crippen LogP contribution in [-0.2, 0) is 4.74 Å². The van der Waals surface area contributed by atoms with E-state index in [1.807, 2.05) is 0 Å². The van der Waals surface area contributed by atoms with Crippen molar-refractivity contribution >= 4 is 0 Å². The van der Waals surface area contributed by atoms with Crippen molar-refractivity contribution in [2.45, 2.75) is 58.2 Å². The fourth-order valence-corrected chi connectivity index (χ4v) is 1.87. The first kappa shape index (κ1) is 12.9. The average molecular weight is 214 g/mol. The van der Waals surface area contributed by atoms with Crippen LogP contribution in [0, 0.1) is 0 Å².